The van der Waals surface area contributed by atoms with E-state index in [1.54, 1.807) is 25.3 Å². The Morgan fingerprint density at radius 1 is 0.971 bits per heavy atom. The molecule has 0 radical (unpaired) electrons. The lowest BCUT2D eigenvalue weighted by Gasteiger charge is -2.41. The summed E-state index contributed by atoms with van der Waals surface area (Å²) in [5.74, 6) is -0.559. The summed E-state index contributed by atoms with van der Waals surface area (Å²) in [6.45, 7) is 5.32. The molecule has 3 rings (SSSR count). The minimum Gasteiger partial charge on any atom is -0.489 e. The monoisotopic (exact) mass is 503 g/mol. The third-order valence-electron chi connectivity index (χ3n) is 6.51. The Hall–Kier alpha value is -2.77. The van der Waals surface area contributed by atoms with Crippen LogP contribution in [0.3, 0.4) is 0 Å². The fourth-order valence-corrected chi connectivity index (χ4v) is 4.34. The third kappa shape index (κ3) is 7.36. The quantitative estimate of drug-likeness (QED) is 0.412. The first-order valence-electron chi connectivity index (χ1n) is 11.8. The number of carboxylic acids is 1. The first-order chi connectivity index (χ1) is 16.6. The molecule has 8 heteroatoms. The number of benzene rings is 2. The van der Waals surface area contributed by atoms with Crippen LogP contribution in [0.25, 0.3) is 0 Å². The summed E-state index contributed by atoms with van der Waals surface area (Å²) in [6.07, 6.45) is 2.85. The zero-order chi connectivity index (χ0) is 25.5. The molecule has 2 N–H and O–H groups in total. The molecule has 0 unspecified atom stereocenters. The summed E-state index contributed by atoms with van der Waals surface area (Å²) in [5, 5.41) is 13.4. The molecule has 2 aromatic rings. The van der Waals surface area contributed by atoms with Crippen LogP contribution in [-0.2, 0) is 16.0 Å². The molecule has 1 amide bonds. The fourth-order valence-electron chi connectivity index (χ4n) is 4.12. The number of aliphatic carboxylic acids is 1. The summed E-state index contributed by atoms with van der Waals surface area (Å²) in [4.78, 5) is 25.3. The molecule has 190 valence electrons. The van der Waals surface area contributed by atoms with Gasteiger partial charge in [-0.3, -0.25) is 4.79 Å². The highest BCUT2D eigenvalue weighted by molar-refractivity contribution is 6.30. The number of methoxy groups -OCH3 is 1. The van der Waals surface area contributed by atoms with Gasteiger partial charge in [-0.25, -0.2) is 4.79 Å². The number of carboxylic acid groups (broad SMARTS) is 1. The van der Waals surface area contributed by atoms with Crippen molar-refractivity contribution in [1.29, 1.82) is 0 Å². The van der Waals surface area contributed by atoms with Crippen LogP contribution in [0.1, 0.15) is 55.5 Å². The Morgan fingerprint density at radius 2 is 1.69 bits per heavy atom. The lowest BCUT2D eigenvalue weighted by Crippen LogP contribution is -2.57. The largest absolute Gasteiger partial charge is 0.489 e. The number of hydrogen-bond donors (Lipinski definition) is 2. The third-order valence-corrected chi connectivity index (χ3v) is 6.74. The zero-order valence-electron chi connectivity index (χ0n) is 20.6. The number of carbonyl (C=O) groups excluding carboxylic acids is 1. The van der Waals surface area contributed by atoms with Gasteiger partial charge >= 0.3 is 5.97 Å². The molecule has 0 heterocycles. The van der Waals surface area contributed by atoms with Crippen molar-refractivity contribution in [2.45, 2.75) is 51.5 Å². The maximum atomic E-state index is 13.1. The van der Waals surface area contributed by atoms with Gasteiger partial charge < -0.3 is 24.6 Å². The second-order valence-corrected chi connectivity index (χ2v) is 10.2. The van der Waals surface area contributed by atoms with E-state index in [1.165, 1.54) is 0 Å². The minimum atomic E-state index is -1.27. The molecule has 0 aliphatic heterocycles. The van der Waals surface area contributed by atoms with Gasteiger partial charge in [-0.15, -0.1) is 0 Å². The van der Waals surface area contributed by atoms with E-state index < -0.39 is 17.4 Å². The number of rotatable bonds is 11. The molecule has 0 spiro atoms. The predicted octanol–water partition coefficient (Wildman–Crippen LogP) is 5.14. The summed E-state index contributed by atoms with van der Waals surface area (Å²) in [6, 6.07) is 12.4. The van der Waals surface area contributed by atoms with E-state index in [-0.39, 0.29) is 5.41 Å². The highest BCUT2D eigenvalue weighted by Crippen LogP contribution is 2.40. The average Bonchev–Trinajstić information content (AvgIpc) is 2.81. The van der Waals surface area contributed by atoms with Gasteiger partial charge in [0.05, 0.1) is 13.2 Å². The van der Waals surface area contributed by atoms with E-state index in [1.807, 2.05) is 24.3 Å². The van der Waals surface area contributed by atoms with Crippen molar-refractivity contribution < 1.29 is 28.9 Å². The van der Waals surface area contributed by atoms with Gasteiger partial charge in [0.25, 0.3) is 5.91 Å². The van der Waals surface area contributed by atoms with E-state index >= 15 is 0 Å². The van der Waals surface area contributed by atoms with Crippen molar-refractivity contribution in [2.24, 2.45) is 5.41 Å². The Bertz CT molecular complexity index is 1030. The molecule has 0 atom stereocenters. The Kier molecular flexibility index (Phi) is 9.03. The summed E-state index contributed by atoms with van der Waals surface area (Å²) < 4.78 is 16.8. The van der Waals surface area contributed by atoms with Crippen LogP contribution in [0.2, 0.25) is 5.02 Å². The van der Waals surface area contributed by atoms with Gasteiger partial charge in [0.2, 0.25) is 0 Å². The van der Waals surface area contributed by atoms with E-state index in [9.17, 15) is 14.7 Å². The summed E-state index contributed by atoms with van der Waals surface area (Å²) >= 11 is 6.06. The van der Waals surface area contributed by atoms with Crippen molar-refractivity contribution in [1.82, 2.24) is 5.32 Å². The number of carbonyl (C=O) groups is 2. The van der Waals surface area contributed by atoms with Gasteiger partial charge in [-0.05, 0) is 67.0 Å². The van der Waals surface area contributed by atoms with Crippen molar-refractivity contribution in [3.63, 3.8) is 0 Å². The first kappa shape index (κ1) is 26.8. The van der Waals surface area contributed by atoms with Crippen LogP contribution >= 0.6 is 11.6 Å². The molecule has 0 saturated heterocycles. The summed E-state index contributed by atoms with van der Waals surface area (Å²) in [7, 11) is 1.59. The topological polar surface area (TPSA) is 94.1 Å². The lowest BCUT2D eigenvalue weighted by molar-refractivity contribution is -0.146. The zero-order valence-corrected chi connectivity index (χ0v) is 21.3. The first-order valence-corrected chi connectivity index (χ1v) is 12.2. The van der Waals surface area contributed by atoms with Gasteiger partial charge in [0.1, 0.15) is 12.1 Å². The smallest absolute Gasteiger partial charge is 0.329 e. The molecule has 1 saturated carbocycles. The predicted molar refractivity (Wildman–Crippen MR) is 135 cm³/mol. The molecule has 1 aliphatic rings. The van der Waals surface area contributed by atoms with Crippen LogP contribution in [0.4, 0.5) is 0 Å². The van der Waals surface area contributed by atoms with Crippen molar-refractivity contribution in [2.75, 3.05) is 26.9 Å². The van der Waals surface area contributed by atoms with Crippen molar-refractivity contribution in [3.05, 3.63) is 58.6 Å². The van der Waals surface area contributed by atoms with Crippen LogP contribution in [0.5, 0.6) is 11.5 Å². The number of halogens is 1. The number of hydrogen-bond acceptors (Lipinski definition) is 5. The number of amides is 1. The average molecular weight is 504 g/mol. The van der Waals surface area contributed by atoms with Gasteiger partial charge in [0.15, 0.2) is 11.5 Å². The van der Waals surface area contributed by atoms with Crippen molar-refractivity contribution in [3.8, 4) is 11.5 Å². The number of nitrogens with one attached hydrogen (secondary N) is 1. The standard InChI is InChI=1S/C27H34ClNO6/c1-26(2)10-12-27(13-11-26,25(31)32)29-24(30)20-7-8-22(35-16-15-33-3)23(18-20)34-14-9-19-5-4-6-21(28)17-19/h4-8,17-18H,9-16H2,1-3H3,(H,29,30)(H,31,32). The second kappa shape index (κ2) is 11.8. The molecule has 0 bridgehead atoms. The van der Waals surface area contributed by atoms with Gasteiger partial charge in [0, 0.05) is 24.1 Å². The van der Waals surface area contributed by atoms with Crippen LogP contribution in [0, 0.1) is 5.41 Å². The van der Waals surface area contributed by atoms with E-state index in [0.717, 1.165) is 18.4 Å². The lowest BCUT2D eigenvalue weighted by atomic mass is 9.69. The van der Waals surface area contributed by atoms with E-state index in [0.29, 0.717) is 61.2 Å². The minimum absolute atomic E-state index is 0.0643. The normalized spacial score (nSPS) is 16.3. The van der Waals surface area contributed by atoms with Gasteiger partial charge in [-0.2, -0.15) is 0 Å². The number of ether oxygens (including phenoxy) is 3. The highest BCUT2D eigenvalue weighted by Gasteiger charge is 2.45. The molecule has 1 fully saturated rings. The molecular formula is C27H34ClNO6. The Labute approximate surface area is 211 Å². The highest BCUT2D eigenvalue weighted by atomic mass is 35.5. The van der Waals surface area contributed by atoms with E-state index in [4.69, 9.17) is 25.8 Å². The SMILES string of the molecule is COCCOc1ccc(C(=O)NC2(C(=O)O)CCC(C)(C)CC2)cc1OCCc1cccc(Cl)c1. The van der Waals surface area contributed by atoms with E-state index in [2.05, 4.69) is 19.2 Å². The molecule has 1 aliphatic carbocycles. The van der Waals surface area contributed by atoms with Crippen LogP contribution in [0.15, 0.2) is 42.5 Å². The molecule has 35 heavy (non-hydrogen) atoms. The Balaban J connectivity index is 1.75. The van der Waals surface area contributed by atoms with Crippen LogP contribution < -0.4 is 14.8 Å². The molecule has 0 aromatic heterocycles. The van der Waals surface area contributed by atoms with Crippen LogP contribution in [-0.4, -0.2) is 49.5 Å². The Morgan fingerprint density at radius 3 is 2.34 bits per heavy atom. The molecule has 2 aromatic carbocycles. The maximum Gasteiger partial charge on any atom is 0.329 e. The van der Waals surface area contributed by atoms with Gasteiger partial charge in [-0.1, -0.05) is 37.6 Å². The molecular weight excluding hydrogens is 470 g/mol. The second-order valence-electron chi connectivity index (χ2n) is 9.74. The van der Waals surface area contributed by atoms with Crippen molar-refractivity contribution >= 4 is 23.5 Å². The molecule has 7 nitrogen and oxygen atoms in total. The maximum absolute atomic E-state index is 13.1. The fraction of sp³-hybridized carbons (Fsp3) is 0.481. The summed E-state index contributed by atoms with van der Waals surface area (Å²) in [5.41, 5.74) is 0.132.